The molecular weight excluding hydrogens is 338 g/mol. The lowest BCUT2D eigenvalue weighted by Gasteiger charge is -2.32. The van der Waals surface area contributed by atoms with Gasteiger partial charge >= 0.3 is 0 Å². The molecule has 1 aliphatic heterocycles. The van der Waals surface area contributed by atoms with Crippen LogP contribution in [-0.4, -0.2) is 40.0 Å². The Morgan fingerprint density at radius 1 is 1.36 bits per heavy atom. The summed E-state index contributed by atoms with van der Waals surface area (Å²) in [7, 11) is 0. The maximum Gasteiger partial charge on any atom is 0.263 e. The van der Waals surface area contributed by atoms with E-state index in [1.807, 2.05) is 18.2 Å². The van der Waals surface area contributed by atoms with Gasteiger partial charge in [-0.25, -0.2) is 9.97 Å². The van der Waals surface area contributed by atoms with Crippen molar-refractivity contribution in [2.45, 2.75) is 18.9 Å². The molecule has 0 spiro atoms. The number of H-pyrrole nitrogens is 1. The lowest BCUT2D eigenvalue weighted by Crippen LogP contribution is -2.48. The molecule has 3 aromatic rings. The number of hydrogen-bond acceptors (Lipinski definition) is 6. The normalized spacial score (nSPS) is 17.6. The second-order valence-electron chi connectivity index (χ2n) is 6.02. The molecule has 7 nitrogen and oxygen atoms in total. The van der Waals surface area contributed by atoms with Gasteiger partial charge in [0.1, 0.15) is 5.56 Å². The number of aromatic nitrogens is 3. The molecule has 128 valence electrons. The highest BCUT2D eigenvalue weighted by atomic mass is 32.1. The number of aromatic amines is 1. The Morgan fingerprint density at radius 3 is 3.08 bits per heavy atom. The van der Waals surface area contributed by atoms with E-state index in [2.05, 4.69) is 31.2 Å². The van der Waals surface area contributed by atoms with E-state index in [1.54, 1.807) is 11.3 Å². The van der Waals surface area contributed by atoms with E-state index in [0.29, 0.717) is 6.54 Å². The predicted molar refractivity (Wildman–Crippen MR) is 97.2 cm³/mol. The third kappa shape index (κ3) is 3.25. The molecule has 8 heteroatoms. The number of amides is 1. The van der Waals surface area contributed by atoms with Gasteiger partial charge in [-0.3, -0.25) is 9.59 Å². The summed E-state index contributed by atoms with van der Waals surface area (Å²) in [5.74, 6) is -0.384. The second kappa shape index (κ2) is 6.64. The molecule has 1 amide bonds. The number of rotatable bonds is 3. The smallest absolute Gasteiger partial charge is 0.263 e. The van der Waals surface area contributed by atoms with Crippen molar-refractivity contribution in [2.75, 3.05) is 18.0 Å². The van der Waals surface area contributed by atoms with Crippen molar-refractivity contribution in [3.8, 4) is 0 Å². The Kier molecular flexibility index (Phi) is 4.19. The van der Waals surface area contributed by atoms with Gasteiger partial charge in [0.15, 0.2) is 5.13 Å². The average molecular weight is 355 g/mol. The van der Waals surface area contributed by atoms with Crippen LogP contribution in [0.5, 0.6) is 0 Å². The van der Waals surface area contributed by atoms with Gasteiger partial charge in [0, 0.05) is 25.3 Å². The van der Waals surface area contributed by atoms with Gasteiger partial charge < -0.3 is 15.2 Å². The summed E-state index contributed by atoms with van der Waals surface area (Å²) in [6.45, 7) is 1.60. The van der Waals surface area contributed by atoms with Crippen molar-refractivity contribution < 1.29 is 4.79 Å². The minimum absolute atomic E-state index is 0.0205. The number of benzene rings is 1. The largest absolute Gasteiger partial charge is 0.347 e. The van der Waals surface area contributed by atoms with Crippen LogP contribution in [0.25, 0.3) is 10.2 Å². The van der Waals surface area contributed by atoms with Gasteiger partial charge in [0.25, 0.3) is 11.5 Å². The third-order valence-electron chi connectivity index (χ3n) is 4.27. The van der Waals surface area contributed by atoms with E-state index in [1.165, 1.54) is 12.5 Å². The van der Waals surface area contributed by atoms with Crippen LogP contribution in [0.4, 0.5) is 5.13 Å². The number of para-hydroxylation sites is 1. The zero-order valence-electron chi connectivity index (χ0n) is 13.4. The fraction of sp³-hybridized carbons (Fsp3) is 0.294. The predicted octanol–water partition coefficient (Wildman–Crippen LogP) is 1.78. The summed E-state index contributed by atoms with van der Waals surface area (Å²) in [6, 6.07) is 8.04. The fourth-order valence-electron chi connectivity index (χ4n) is 3.03. The highest BCUT2D eigenvalue weighted by Crippen LogP contribution is 2.30. The van der Waals surface area contributed by atoms with Gasteiger partial charge in [-0.15, -0.1) is 0 Å². The quantitative estimate of drug-likeness (QED) is 0.747. The van der Waals surface area contributed by atoms with E-state index in [9.17, 15) is 9.59 Å². The first-order chi connectivity index (χ1) is 12.2. The second-order valence-corrected chi connectivity index (χ2v) is 7.03. The zero-order chi connectivity index (χ0) is 17.2. The van der Waals surface area contributed by atoms with Crippen molar-refractivity contribution in [1.29, 1.82) is 0 Å². The number of piperidine rings is 1. The highest BCUT2D eigenvalue weighted by Gasteiger charge is 2.24. The summed E-state index contributed by atoms with van der Waals surface area (Å²) >= 11 is 1.66. The fourth-order valence-corrected chi connectivity index (χ4v) is 4.03. The van der Waals surface area contributed by atoms with Gasteiger partial charge in [0.2, 0.25) is 0 Å². The van der Waals surface area contributed by atoms with E-state index in [-0.39, 0.29) is 17.5 Å². The van der Waals surface area contributed by atoms with Gasteiger partial charge in [-0.1, -0.05) is 23.5 Å². The summed E-state index contributed by atoms with van der Waals surface area (Å²) in [5, 5.41) is 3.92. The van der Waals surface area contributed by atoms with Crippen LogP contribution in [0.1, 0.15) is 23.2 Å². The minimum Gasteiger partial charge on any atom is -0.347 e. The van der Waals surface area contributed by atoms with E-state index < -0.39 is 5.56 Å². The van der Waals surface area contributed by atoms with Crippen LogP contribution in [0.3, 0.4) is 0 Å². The first-order valence-corrected chi connectivity index (χ1v) is 8.96. The van der Waals surface area contributed by atoms with Crippen LogP contribution in [0.2, 0.25) is 0 Å². The Bertz CT molecular complexity index is 934. The molecule has 0 bridgehead atoms. The summed E-state index contributed by atoms with van der Waals surface area (Å²) in [6.07, 6.45) is 4.41. The molecule has 4 rings (SSSR count). The SMILES string of the molecule is O=C(N[C@H]1CCCN(c2nc3ccccc3s2)C1)c1cnc[nH]c1=O. The standard InChI is InChI=1S/C17H17N5O2S/c23-15-12(8-18-10-19-15)16(24)20-11-4-3-7-22(9-11)17-21-13-5-1-2-6-14(13)25-17/h1-2,5-6,8,10-11H,3-4,7,9H2,(H,20,24)(H,18,19,23)/t11-/m0/s1. The Labute approximate surface area is 147 Å². The molecule has 1 aromatic carbocycles. The number of hydrogen-bond donors (Lipinski definition) is 2. The molecule has 25 heavy (non-hydrogen) atoms. The Hall–Kier alpha value is -2.74. The van der Waals surface area contributed by atoms with E-state index >= 15 is 0 Å². The topological polar surface area (TPSA) is 91.0 Å². The van der Waals surface area contributed by atoms with Crippen molar-refractivity contribution in [3.05, 3.63) is 52.7 Å². The monoisotopic (exact) mass is 355 g/mol. The molecule has 1 aliphatic rings. The molecular formula is C17H17N5O2S. The van der Waals surface area contributed by atoms with Crippen molar-refractivity contribution in [1.82, 2.24) is 20.3 Å². The molecule has 2 aromatic heterocycles. The Balaban J connectivity index is 1.48. The maximum absolute atomic E-state index is 12.3. The minimum atomic E-state index is -0.425. The lowest BCUT2D eigenvalue weighted by atomic mass is 10.1. The van der Waals surface area contributed by atoms with Crippen molar-refractivity contribution >= 4 is 32.6 Å². The number of fused-ring (bicyclic) bond motifs is 1. The van der Waals surface area contributed by atoms with E-state index in [4.69, 9.17) is 0 Å². The summed E-state index contributed by atoms with van der Waals surface area (Å²) < 4.78 is 1.16. The first kappa shape index (κ1) is 15.8. The number of anilines is 1. The number of nitrogens with zero attached hydrogens (tertiary/aromatic N) is 3. The number of carbonyl (C=O) groups is 1. The Morgan fingerprint density at radius 2 is 2.24 bits per heavy atom. The summed E-state index contributed by atoms with van der Waals surface area (Å²) in [4.78, 5) is 37.2. The molecule has 1 fully saturated rings. The highest BCUT2D eigenvalue weighted by molar-refractivity contribution is 7.22. The van der Waals surface area contributed by atoms with Crippen LogP contribution >= 0.6 is 11.3 Å². The molecule has 2 N–H and O–H groups in total. The van der Waals surface area contributed by atoms with E-state index in [0.717, 1.165) is 34.7 Å². The molecule has 0 saturated carbocycles. The average Bonchev–Trinajstić information content (AvgIpc) is 3.06. The van der Waals surface area contributed by atoms with Crippen molar-refractivity contribution in [3.63, 3.8) is 0 Å². The van der Waals surface area contributed by atoms with Crippen LogP contribution in [0, 0.1) is 0 Å². The van der Waals surface area contributed by atoms with Crippen LogP contribution in [0.15, 0.2) is 41.6 Å². The van der Waals surface area contributed by atoms with Gasteiger partial charge in [0.05, 0.1) is 16.5 Å². The summed E-state index contributed by atoms with van der Waals surface area (Å²) in [5.41, 5.74) is 0.613. The van der Waals surface area contributed by atoms with Gasteiger partial charge in [-0.05, 0) is 25.0 Å². The number of nitrogens with one attached hydrogen (secondary N) is 2. The van der Waals surface area contributed by atoms with Crippen molar-refractivity contribution in [2.24, 2.45) is 0 Å². The van der Waals surface area contributed by atoms with Gasteiger partial charge in [-0.2, -0.15) is 0 Å². The maximum atomic E-state index is 12.3. The number of carbonyl (C=O) groups excluding carboxylic acids is 1. The molecule has 0 unspecified atom stereocenters. The lowest BCUT2D eigenvalue weighted by molar-refractivity contribution is 0.0931. The molecule has 1 atom stereocenters. The zero-order valence-corrected chi connectivity index (χ0v) is 14.3. The molecule has 3 heterocycles. The first-order valence-electron chi connectivity index (χ1n) is 8.15. The molecule has 0 aliphatic carbocycles. The number of thiazole rings is 1. The molecule has 1 saturated heterocycles. The molecule has 0 radical (unpaired) electrons. The van der Waals surface area contributed by atoms with Crippen LogP contribution < -0.4 is 15.8 Å². The van der Waals surface area contributed by atoms with Crippen LogP contribution in [-0.2, 0) is 0 Å². The third-order valence-corrected chi connectivity index (χ3v) is 5.37.